The van der Waals surface area contributed by atoms with Gasteiger partial charge in [-0.05, 0) is 31.5 Å². The minimum absolute atomic E-state index is 0.0291. The fourth-order valence-electron chi connectivity index (χ4n) is 3.25. The van der Waals surface area contributed by atoms with Gasteiger partial charge in [0.25, 0.3) is 5.91 Å². The zero-order chi connectivity index (χ0) is 15.5. The number of thiazole rings is 1. The molecule has 22 heavy (non-hydrogen) atoms. The van der Waals surface area contributed by atoms with Crippen LogP contribution in [0.2, 0.25) is 0 Å². The van der Waals surface area contributed by atoms with Crippen LogP contribution in [0.25, 0.3) is 0 Å². The van der Waals surface area contributed by atoms with Crippen LogP contribution in [0, 0.1) is 0 Å². The second kappa shape index (κ2) is 6.62. The van der Waals surface area contributed by atoms with Crippen molar-refractivity contribution in [3.63, 3.8) is 0 Å². The molecule has 1 atom stereocenters. The number of likely N-dealkylation sites (tertiary alicyclic amines) is 1. The molecule has 1 N–H and O–H groups in total. The van der Waals surface area contributed by atoms with Crippen LogP contribution in [0.5, 0.6) is 0 Å². The van der Waals surface area contributed by atoms with Gasteiger partial charge in [-0.1, -0.05) is 6.42 Å². The van der Waals surface area contributed by atoms with Crippen LogP contribution in [0.15, 0.2) is 23.8 Å². The van der Waals surface area contributed by atoms with Crippen LogP contribution in [-0.4, -0.2) is 34.0 Å². The van der Waals surface area contributed by atoms with Crippen LogP contribution < -0.4 is 5.32 Å². The quantitative estimate of drug-likeness (QED) is 0.942. The van der Waals surface area contributed by atoms with E-state index >= 15 is 0 Å². The molecule has 1 aliphatic rings. The second-order valence-corrected chi connectivity index (χ2v) is 6.70. The van der Waals surface area contributed by atoms with Gasteiger partial charge in [-0.15, -0.1) is 11.3 Å². The van der Waals surface area contributed by atoms with Gasteiger partial charge in [0.1, 0.15) is 5.69 Å². The summed E-state index contributed by atoms with van der Waals surface area (Å²) in [6, 6.07) is 4.40. The van der Waals surface area contributed by atoms with Crippen molar-refractivity contribution in [3.8, 4) is 0 Å². The lowest BCUT2D eigenvalue weighted by Gasteiger charge is -2.35. The maximum atomic E-state index is 11.9. The first kappa shape index (κ1) is 15.2. The smallest absolute Gasteiger partial charge is 0.267 e. The first-order valence-electron chi connectivity index (χ1n) is 7.70. The summed E-state index contributed by atoms with van der Waals surface area (Å²) in [7, 11) is 3.66. The molecule has 0 bridgehead atoms. The Bertz CT molecular complexity index is 635. The van der Waals surface area contributed by atoms with Gasteiger partial charge in [0, 0.05) is 37.4 Å². The maximum absolute atomic E-state index is 11.9. The highest BCUT2D eigenvalue weighted by Gasteiger charge is 2.27. The molecule has 1 amide bonds. The Morgan fingerprint density at radius 2 is 2.32 bits per heavy atom. The third-order valence-electron chi connectivity index (χ3n) is 4.42. The van der Waals surface area contributed by atoms with Gasteiger partial charge in [-0.25, -0.2) is 0 Å². The molecular weight excluding hydrogens is 296 g/mol. The van der Waals surface area contributed by atoms with Crippen LogP contribution in [-0.2, 0) is 13.6 Å². The standard InChI is InChI=1S/C16H22N4OS/c1-17-16(21)15-7-6-13(19(15)2)14-5-3-4-8-20(14)10-12-9-18-11-22-12/h6-7,9,11,14H,3-5,8,10H2,1-2H3,(H,17,21)/t14-/m0/s1. The van der Waals surface area contributed by atoms with Crippen molar-refractivity contribution < 1.29 is 4.79 Å². The number of amides is 1. The van der Waals surface area contributed by atoms with Gasteiger partial charge in [0.15, 0.2) is 0 Å². The minimum Gasteiger partial charge on any atom is -0.354 e. The Morgan fingerprint density at radius 3 is 3.05 bits per heavy atom. The lowest BCUT2D eigenvalue weighted by molar-refractivity contribution is 0.0952. The summed E-state index contributed by atoms with van der Waals surface area (Å²) in [6.07, 6.45) is 5.58. The Labute approximate surface area is 135 Å². The molecule has 0 saturated carbocycles. The van der Waals surface area contributed by atoms with Gasteiger partial charge in [-0.3, -0.25) is 14.7 Å². The largest absolute Gasteiger partial charge is 0.354 e. The van der Waals surface area contributed by atoms with Gasteiger partial charge < -0.3 is 9.88 Å². The number of carbonyl (C=O) groups excluding carboxylic acids is 1. The van der Waals surface area contributed by atoms with Crippen molar-refractivity contribution in [2.24, 2.45) is 7.05 Å². The van der Waals surface area contributed by atoms with E-state index < -0.39 is 0 Å². The first-order chi connectivity index (χ1) is 10.7. The normalized spacial score (nSPS) is 19.3. The highest BCUT2D eigenvalue weighted by Crippen LogP contribution is 2.33. The maximum Gasteiger partial charge on any atom is 0.267 e. The van der Waals surface area contributed by atoms with Crippen LogP contribution in [0.4, 0.5) is 0 Å². The molecule has 3 rings (SSSR count). The van der Waals surface area contributed by atoms with E-state index in [4.69, 9.17) is 0 Å². The summed E-state index contributed by atoms with van der Waals surface area (Å²) < 4.78 is 2.04. The zero-order valence-electron chi connectivity index (χ0n) is 13.1. The van der Waals surface area contributed by atoms with E-state index in [0.29, 0.717) is 6.04 Å². The Morgan fingerprint density at radius 1 is 1.45 bits per heavy atom. The summed E-state index contributed by atoms with van der Waals surface area (Å²) in [5, 5.41) is 2.71. The molecule has 2 aromatic rings. The average molecular weight is 318 g/mol. The lowest BCUT2D eigenvalue weighted by Crippen LogP contribution is -2.34. The summed E-state index contributed by atoms with van der Waals surface area (Å²) in [4.78, 5) is 19.9. The Balaban J connectivity index is 1.84. The topological polar surface area (TPSA) is 50.2 Å². The van der Waals surface area contributed by atoms with E-state index in [9.17, 15) is 4.79 Å². The molecule has 2 aromatic heterocycles. The first-order valence-corrected chi connectivity index (χ1v) is 8.57. The number of nitrogens with one attached hydrogen (secondary N) is 1. The molecule has 3 heterocycles. The predicted octanol–water partition coefficient (Wildman–Crippen LogP) is 2.57. The molecule has 1 fully saturated rings. The second-order valence-electron chi connectivity index (χ2n) is 5.73. The summed E-state index contributed by atoms with van der Waals surface area (Å²) in [5.41, 5.74) is 3.84. The molecular formula is C16H22N4OS. The number of rotatable bonds is 4. The van der Waals surface area contributed by atoms with Crippen molar-refractivity contribution in [2.45, 2.75) is 31.8 Å². The van der Waals surface area contributed by atoms with E-state index in [-0.39, 0.29) is 5.91 Å². The molecule has 0 aromatic carbocycles. The molecule has 1 aliphatic heterocycles. The zero-order valence-corrected chi connectivity index (χ0v) is 13.9. The molecule has 0 aliphatic carbocycles. The van der Waals surface area contributed by atoms with Crippen LogP contribution >= 0.6 is 11.3 Å². The number of hydrogen-bond acceptors (Lipinski definition) is 4. The predicted molar refractivity (Wildman–Crippen MR) is 87.9 cm³/mol. The number of carbonyl (C=O) groups is 1. The van der Waals surface area contributed by atoms with Crippen molar-refractivity contribution in [1.29, 1.82) is 0 Å². The van der Waals surface area contributed by atoms with Crippen LogP contribution in [0.1, 0.15) is 46.4 Å². The van der Waals surface area contributed by atoms with Crippen molar-refractivity contribution in [1.82, 2.24) is 19.8 Å². The SMILES string of the molecule is CNC(=O)c1ccc([C@@H]2CCCCN2Cc2cncs2)n1C. The third kappa shape index (κ3) is 2.94. The summed E-state index contributed by atoms with van der Waals surface area (Å²) >= 11 is 1.71. The average Bonchev–Trinajstić information content (AvgIpc) is 3.17. The molecule has 0 spiro atoms. The number of nitrogens with zero attached hydrogens (tertiary/aromatic N) is 3. The molecule has 5 nitrogen and oxygen atoms in total. The van der Waals surface area contributed by atoms with E-state index in [1.165, 1.54) is 23.4 Å². The van der Waals surface area contributed by atoms with Gasteiger partial charge in [0.05, 0.1) is 11.6 Å². The molecule has 0 unspecified atom stereocenters. The monoisotopic (exact) mass is 318 g/mol. The minimum atomic E-state index is -0.0291. The molecule has 118 valence electrons. The van der Waals surface area contributed by atoms with Crippen molar-refractivity contribution in [2.75, 3.05) is 13.6 Å². The summed E-state index contributed by atoms with van der Waals surface area (Å²) in [5.74, 6) is -0.0291. The van der Waals surface area contributed by atoms with E-state index in [1.807, 2.05) is 29.4 Å². The Hall–Kier alpha value is -1.66. The molecule has 6 heteroatoms. The molecule has 0 radical (unpaired) electrons. The van der Waals surface area contributed by atoms with Gasteiger partial charge in [-0.2, -0.15) is 0 Å². The van der Waals surface area contributed by atoms with Crippen molar-refractivity contribution in [3.05, 3.63) is 40.1 Å². The summed E-state index contributed by atoms with van der Waals surface area (Å²) in [6.45, 7) is 2.04. The van der Waals surface area contributed by atoms with E-state index in [1.54, 1.807) is 18.4 Å². The highest BCUT2D eigenvalue weighted by molar-refractivity contribution is 7.09. The fourth-order valence-corrected chi connectivity index (χ4v) is 3.87. The Kier molecular flexibility index (Phi) is 4.59. The van der Waals surface area contributed by atoms with Crippen LogP contribution in [0.3, 0.4) is 0 Å². The number of aromatic nitrogens is 2. The van der Waals surface area contributed by atoms with Gasteiger partial charge in [0.2, 0.25) is 0 Å². The third-order valence-corrected chi connectivity index (χ3v) is 5.18. The van der Waals surface area contributed by atoms with Crippen molar-refractivity contribution >= 4 is 17.2 Å². The fraction of sp³-hybridized carbons (Fsp3) is 0.500. The lowest BCUT2D eigenvalue weighted by atomic mass is 9.99. The molecule has 1 saturated heterocycles. The number of piperidine rings is 1. The number of hydrogen-bond donors (Lipinski definition) is 1. The highest BCUT2D eigenvalue weighted by atomic mass is 32.1. The van der Waals surface area contributed by atoms with Gasteiger partial charge >= 0.3 is 0 Å². The van der Waals surface area contributed by atoms with E-state index in [2.05, 4.69) is 21.3 Å². The van der Waals surface area contributed by atoms with E-state index in [0.717, 1.165) is 25.2 Å².